The van der Waals surface area contributed by atoms with Gasteiger partial charge < -0.3 is 9.84 Å². The van der Waals surface area contributed by atoms with E-state index in [1.807, 2.05) is 0 Å². The number of hydrogen-bond acceptors (Lipinski definition) is 4. The maximum atomic E-state index is 10.5. The smallest absolute Gasteiger partial charge is 0.269 e. The number of phenolic OH excluding ortho intramolecular Hbond substituents is 1. The number of hydrogen-bond donors (Lipinski definition) is 1. The summed E-state index contributed by atoms with van der Waals surface area (Å²) in [5.74, 6) is 0.462. The van der Waals surface area contributed by atoms with Gasteiger partial charge in [-0.05, 0) is 23.8 Å². The number of nitrogens with zero attached hydrogens (tertiary/aromatic N) is 1. The van der Waals surface area contributed by atoms with Crippen LogP contribution in [0.2, 0.25) is 0 Å². The lowest BCUT2D eigenvalue weighted by Gasteiger charge is -2.05. The molecule has 0 heterocycles. The van der Waals surface area contributed by atoms with Crippen LogP contribution in [0.25, 0.3) is 12.2 Å². The fraction of sp³-hybridized carbons (Fsp3) is 0.0667. The fourth-order valence-electron chi connectivity index (χ4n) is 1.73. The summed E-state index contributed by atoms with van der Waals surface area (Å²) in [6.45, 7) is 0. The van der Waals surface area contributed by atoms with Crippen LogP contribution in [0.5, 0.6) is 11.5 Å². The molecule has 0 aromatic heterocycles. The van der Waals surface area contributed by atoms with E-state index in [2.05, 4.69) is 0 Å². The number of non-ortho nitro benzene ring substituents is 1. The summed E-state index contributed by atoms with van der Waals surface area (Å²) >= 11 is 0. The first kappa shape index (κ1) is 13.6. The highest BCUT2D eigenvalue weighted by atomic mass is 16.6. The maximum Gasteiger partial charge on any atom is 0.269 e. The molecule has 102 valence electrons. The van der Waals surface area contributed by atoms with Crippen molar-refractivity contribution in [1.29, 1.82) is 0 Å². The van der Waals surface area contributed by atoms with Crippen LogP contribution >= 0.6 is 0 Å². The standard InChI is InChI=1S/C15H13NO4/c1-20-14-4-2-3-12(15(14)17)8-5-11-6-9-13(10-7-11)16(18)19/h2-10,17H,1H3. The molecule has 0 aliphatic carbocycles. The predicted molar refractivity (Wildman–Crippen MR) is 76.7 cm³/mol. The summed E-state index contributed by atoms with van der Waals surface area (Å²) in [5, 5.41) is 20.5. The van der Waals surface area contributed by atoms with Crippen LogP contribution in [0.4, 0.5) is 5.69 Å². The zero-order valence-corrected chi connectivity index (χ0v) is 10.8. The Hall–Kier alpha value is -2.82. The van der Waals surface area contributed by atoms with E-state index in [-0.39, 0.29) is 11.4 Å². The van der Waals surface area contributed by atoms with Gasteiger partial charge in [-0.3, -0.25) is 10.1 Å². The molecule has 2 aromatic carbocycles. The molecule has 0 aliphatic heterocycles. The number of nitro groups is 1. The van der Waals surface area contributed by atoms with Gasteiger partial charge in [-0.2, -0.15) is 0 Å². The maximum absolute atomic E-state index is 10.5. The van der Waals surface area contributed by atoms with Crippen LogP contribution in [-0.4, -0.2) is 17.1 Å². The van der Waals surface area contributed by atoms with E-state index in [1.54, 1.807) is 42.5 Å². The summed E-state index contributed by atoms with van der Waals surface area (Å²) in [6, 6.07) is 11.3. The quantitative estimate of drug-likeness (QED) is 0.525. The molecule has 1 N–H and O–H groups in total. The van der Waals surface area contributed by atoms with Crippen molar-refractivity contribution in [1.82, 2.24) is 0 Å². The summed E-state index contributed by atoms with van der Waals surface area (Å²) in [7, 11) is 1.48. The number of aromatic hydroxyl groups is 1. The van der Waals surface area contributed by atoms with E-state index in [9.17, 15) is 15.2 Å². The number of ether oxygens (including phenoxy) is 1. The molecule has 0 bridgehead atoms. The van der Waals surface area contributed by atoms with Crippen LogP contribution in [0.1, 0.15) is 11.1 Å². The van der Waals surface area contributed by atoms with E-state index in [1.165, 1.54) is 19.2 Å². The molecule has 2 rings (SSSR count). The molecule has 20 heavy (non-hydrogen) atoms. The molecule has 0 fully saturated rings. The Morgan fingerprint density at radius 1 is 1.15 bits per heavy atom. The Labute approximate surface area is 115 Å². The summed E-state index contributed by atoms with van der Waals surface area (Å²) < 4.78 is 5.02. The molecular formula is C15H13NO4. The van der Waals surface area contributed by atoms with E-state index in [0.717, 1.165) is 5.56 Å². The van der Waals surface area contributed by atoms with Gasteiger partial charge in [0.15, 0.2) is 11.5 Å². The van der Waals surface area contributed by atoms with Crippen LogP contribution in [-0.2, 0) is 0 Å². The predicted octanol–water partition coefficient (Wildman–Crippen LogP) is 3.48. The lowest BCUT2D eigenvalue weighted by atomic mass is 10.1. The lowest BCUT2D eigenvalue weighted by molar-refractivity contribution is -0.384. The van der Waals surface area contributed by atoms with Crippen LogP contribution in [0, 0.1) is 10.1 Å². The number of para-hydroxylation sites is 1. The molecule has 0 spiro atoms. The highest BCUT2D eigenvalue weighted by Gasteiger charge is 2.05. The number of rotatable bonds is 4. The average molecular weight is 271 g/mol. The highest BCUT2D eigenvalue weighted by molar-refractivity contribution is 5.74. The Morgan fingerprint density at radius 2 is 1.85 bits per heavy atom. The summed E-state index contributed by atoms with van der Waals surface area (Å²) in [6.07, 6.45) is 3.48. The van der Waals surface area contributed by atoms with Gasteiger partial charge in [-0.1, -0.05) is 24.3 Å². The van der Waals surface area contributed by atoms with Crippen LogP contribution < -0.4 is 4.74 Å². The highest BCUT2D eigenvalue weighted by Crippen LogP contribution is 2.30. The first-order valence-electron chi connectivity index (χ1n) is 5.90. The normalized spacial score (nSPS) is 10.7. The second-order valence-corrected chi connectivity index (χ2v) is 4.08. The zero-order chi connectivity index (χ0) is 14.5. The number of methoxy groups -OCH3 is 1. The van der Waals surface area contributed by atoms with Gasteiger partial charge in [0, 0.05) is 17.7 Å². The Balaban J connectivity index is 2.23. The molecule has 0 aliphatic rings. The van der Waals surface area contributed by atoms with Crippen molar-refractivity contribution in [3.63, 3.8) is 0 Å². The molecule has 5 nitrogen and oxygen atoms in total. The van der Waals surface area contributed by atoms with Crippen molar-refractivity contribution >= 4 is 17.8 Å². The average Bonchev–Trinajstić information content (AvgIpc) is 2.46. The Morgan fingerprint density at radius 3 is 2.45 bits per heavy atom. The van der Waals surface area contributed by atoms with E-state index < -0.39 is 4.92 Å². The lowest BCUT2D eigenvalue weighted by Crippen LogP contribution is -1.86. The van der Waals surface area contributed by atoms with E-state index >= 15 is 0 Å². The van der Waals surface area contributed by atoms with Gasteiger partial charge in [0.25, 0.3) is 5.69 Å². The van der Waals surface area contributed by atoms with Crippen molar-refractivity contribution in [2.24, 2.45) is 0 Å². The third-order valence-electron chi connectivity index (χ3n) is 2.81. The van der Waals surface area contributed by atoms with Crippen molar-refractivity contribution < 1.29 is 14.8 Å². The SMILES string of the molecule is COc1cccc(C=Cc2ccc([N+](=O)[O-])cc2)c1O. The van der Waals surface area contributed by atoms with Gasteiger partial charge >= 0.3 is 0 Å². The fourth-order valence-corrected chi connectivity index (χ4v) is 1.73. The summed E-state index contributed by atoms with van der Waals surface area (Å²) in [4.78, 5) is 10.1. The minimum absolute atomic E-state index is 0.0476. The molecule has 0 saturated heterocycles. The Bertz CT molecular complexity index is 647. The molecule has 0 atom stereocenters. The van der Waals surface area contributed by atoms with Gasteiger partial charge in [0.1, 0.15) is 0 Å². The monoisotopic (exact) mass is 271 g/mol. The first-order chi connectivity index (χ1) is 9.61. The Kier molecular flexibility index (Phi) is 4.00. The minimum Gasteiger partial charge on any atom is -0.504 e. The molecule has 5 heteroatoms. The molecular weight excluding hydrogens is 258 g/mol. The molecule has 0 saturated carbocycles. The summed E-state index contributed by atoms with van der Waals surface area (Å²) in [5.41, 5.74) is 1.46. The van der Waals surface area contributed by atoms with E-state index in [0.29, 0.717) is 11.3 Å². The third-order valence-corrected chi connectivity index (χ3v) is 2.81. The second kappa shape index (κ2) is 5.88. The minimum atomic E-state index is -0.443. The first-order valence-corrected chi connectivity index (χ1v) is 5.90. The second-order valence-electron chi connectivity index (χ2n) is 4.08. The van der Waals surface area contributed by atoms with Gasteiger partial charge in [-0.15, -0.1) is 0 Å². The number of phenols is 1. The number of nitro benzene ring substituents is 1. The third kappa shape index (κ3) is 2.95. The zero-order valence-electron chi connectivity index (χ0n) is 10.8. The van der Waals surface area contributed by atoms with E-state index in [4.69, 9.17) is 4.74 Å². The molecule has 0 radical (unpaired) electrons. The van der Waals surface area contributed by atoms with Gasteiger partial charge in [0.2, 0.25) is 0 Å². The molecule has 2 aromatic rings. The molecule has 0 amide bonds. The van der Waals surface area contributed by atoms with Crippen molar-refractivity contribution in [2.75, 3.05) is 7.11 Å². The van der Waals surface area contributed by atoms with Crippen LogP contribution in [0.3, 0.4) is 0 Å². The van der Waals surface area contributed by atoms with Crippen molar-refractivity contribution in [3.8, 4) is 11.5 Å². The topological polar surface area (TPSA) is 72.6 Å². The number of benzene rings is 2. The van der Waals surface area contributed by atoms with Gasteiger partial charge in [-0.25, -0.2) is 0 Å². The van der Waals surface area contributed by atoms with Crippen molar-refractivity contribution in [2.45, 2.75) is 0 Å². The van der Waals surface area contributed by atoms with Crippen LogP contribution in [0.15, 0.2) is 42.5 Å². The molecule has 0 unspecified atom stereocenters. The van der Waals surface area contributed by atoms with Gasteiger partial charge in [0.05, 0.1) is 12.0 Å². The van der Waals surface area contributed by atoms with Crippen molar-refractivity contribution in [3.05, 3.63) is 63.7 Å². The largest absolute Gasteiger partial charge is 0.504 e.